The summed E-state index contributed by atoms with van der Waals surface area (Å²) in [5.41, 5.74) is 1.70. The van der Waals surface area contributed by atoms with Gasteiger partial charge in [0.15, 0.2) is 0 Å². The molecule has 0 aliphatic carbocycles. The van der Waals surface area contributed by atoms with Crippen molar-refractivity contribution in [3.63, 3.8) is 0 Å². The summed E-state index contributed by atoms with van der Waals surface area (Å²) in [6, 6.07) is 22.4. The molecule has 0 bridgehead atoms. The number of carbonyl (C=O) groups is 2. The Morgan fingerprint density at radius 2 is 1.55 bits per heavy atom. The Bertz CT molecular complexity index is 1210. The van der Waals surface area contributed by atoms with Crippen LogP contribution in [-0.2, 0) is 26.2 Å². The summed E-state index contributed by atoms with van der Waals surface area (Å²) in [6.07, 6.45) is 1.02. The lowest BCUT2D eigenvalue weighted by Gasteiger charge is -2.22. The first-order valence-corrected chi connectivity index (χ1v) is 11.8. The first-order chi connectivity index (χ1) is 15.8. The molecular weight excluding hydrogens is 444 g/mol. The summed E-state index contributed by atoms with van der Waals surface area (Å²) in [5.74, 6) is -0.661. The van der Waals surface area contributed by atoms with Gasteiger partial charge in [-0.3, -0.25) is 9.10 Å². The van der Waals surface area contributed by atoms with E-state index in [1.807, 2.05) is 30.3 Å². The van der Waals surface area contributed by atoms with E-state index in [2.05, 4.69) is 5.32 Å². The van der Waals surface area contributed by atoms with Crippen molar-refractivity contribution in [2.45, 2.75) is 6.61 Å². The van der Waals surface area contributed by atoms with Crippen LogP contribution in [0.5, 0.6) is 5.75 Å². The summed E-state index contributed by atoms with van der Waals surface area (Å²) in [6.45, 7) is -0.101. The number of benzene rings is 3. The van der Waals surface area contributed by atoms with Gasteiger partial charge in [0.25, 0.3) is 0 Å². The van der Waals surface area contributed by atoms with E-state index in [4.69, 9.17) is 9.47 Å². The standard InChI is InChI=1S/C24H24N2O6S/c1-31-24(28)21-10-6-7-11-22(21)25-23(27)16-26(33(2,29)30)19-12-14-20(15-13-19)32-17-18-8-4-3-5-9-18/h3-15H,16-17H2,1-2H3,(H,25,27). The summed E-state index contributed by atoms with van der Waals surface area (Å²) >= 11 is 0. The van der Waals surface area contributed by atoms with Crippen molar-refractivity contribution >= 4 is 33.3 Å². The minimum Gasteiger partial charge on any atom is -0.489 e. The Balaban J connectivity index is 1.71. The van der Waals surface area contributed by atoms with Gasteiger partial charge < -0.3 is 14.8 Å². The SMILES string of the molecule is COC(=O)c1ccccc1NC(=O)CN(c1ccc(OCc2ccccc2)cc1)S(C)(=O)=O. The second kappa shape index (κ2) is 10.6. The first-order valence-electron chi connectivity index (χ1n) is 9.99. The summed E-state index contributed by atoms with van der Waals surface area (Å²) < 4.78 is 36.2. The average Bonchev–Trinajstić information content (AvgIpc) is 2.81. The number of nitrogens with zero attached hydrogens (tertiary/aromatic N) is 1. The van der Waals surface area contributed by atoms with Gasteiger partial charge in [0.2, 0.25) is 15.9 Å². The molecule has 0 aliphatic rings. The van der Waals surface area contributed by atoms with E-state index < -0.39 is 28.4 Å². The third-order valence-electron chi connectivity index (χ3n) is 4.67. The van der Waals surface area contributed by atoms with E-state index in [9.17, 15) is 18.0 Å². The van der Waals surface area contributed by atoms with Gasteiger partial charge in [-0.05, 0) is 42.0 Å². The number of carbonyl (C=O) groups excluding carboxylic acids is 2. The minimum atomic E-state index is -3.76. The Morgan fingerprint density at radius 3 is 2.18 bits per heavy atom. The van der Waals surface area contributed by atoms with Crippen molar-refractivity contribution < 1.29 is 27.5 Å². The van der Waals surface area contributed by atoms with Gasteiger partial charge in [-0.15, -0.1) is 0 Å². The van der Waals surface area contributed by atoms with Gasteiger partial charge >= 0.3 is 5.97 Å². The monoisotopic (exact) mass is 468 g/mol. The third kappa shape index (κ3) is 6.56. The van der Waals surface area contributed by atoms with E-state index in [0.717, 1.165) is 16.1 Å². The number of sulfonamides is 1. The number of esters is 1. The average molecular weight is 469 g/mol. The fourth-order valence-corrected chi connectivity index (χ4v) is 3.91. The van der Waals surface area contributed by atoms with Gasteiger partial charge in [0.1, 0.15) is 18.9 Å². The van der Waals surface area contributed by atoms with Crippen molar-refractivity contribution in [2.75, 3.05) is 29.5 Å². The van der Waals surface area contributed by atoms with Crippen molar-refractivity contribution in [3.05, 3.63) is 90.0 Å². The number of nitrogens with one attached hydrogen (secondary N) is 1. The molecule has 3 rings (SSSR count). The molecule has 172 valence electrons. The van der Waals surface area contributed by atoms with E-state index >= 15 is 0 Å². The Kier molecular flexibility index (Phi) is 7.68. The molecule has 0 unspecified atom stereocenters. The van der Waals surface area contributed by atoms with Crippen LogP contribution in [-0.4, -0.2) is 40.2 Å². The molecule has 1 N–H and O–H groups in total. The van der Waals surface area contributed by atoms with Crippen LogP contribution in [0.1, 0.15) is 15.9 Å². The van der Waals surface area contributed by atoms with Crippen molar-refractivity contribution in [1.82, 2.24) is 0 Å². The van der Waals surface area contributed by atoms with Crippen LogP contribution in [0.15, 0.2) is 78.9 Å². The maximum Gasteiger partial charge on any atom is 0.339 e. The summed E-state index contributed by atoms with van der Waals surface area (Å²) in [4.78, 5) is 24.5. The highest BCUT2D eigenvalue weighted by atomic mass is 32.2. The van der Waals surface area contributed by atoms with Crippen molar-refractivity contribution in [3.8, 4) is 5.75 Å². The van der Waals surface area contributed by atoms with Crippen molar-refractivity contribution in [1.29, 1.82) is 0 Å². The number of anilines is 2. The lowest BCUT2D eigenvalue weighted by atomic mass is 10.2. The number of para-hydroxylation sites is 1. The topological polar surface area (TPSA) is 102 Å². The molecule has 0 aliphatic heterocycles. The zero-order valence-corrected chi connectivity index (χ0v) is 19.0. The Morgan fingerprint density at radius 1 is 0.909 bits per heavy atom. The van der Waals surface area contributed by atoms with Crippen LogP contribution < -0.4 is 14.4 Å². The fraction of sp³-hybridized carbons (Fsp3) is 0.167. The molecule has 0 spiro atoms. The smallest absolute Gasteiger partial charge is 0.339 e. The molecule has 0 saturated carbocycles. The van der Waals surface area contributed by atoms with E-state index in [0.29, 0.717) is 18.0 Å². The maximum absolute atomic E-state index is 12.6. The van der Waals surface area contributed by atoms with E-state index in [-0.39, 0.29) is 11.3 Å². The molecule has 8 nitrogen and oxygen atoms in total. The molecular formula is C24H24N2O6S. The van der Waals surface area contributed by atoms with Crippen LogP contribution in [0.4, 0.5) is 11.4 Å². The fourth-order valence-electron chi connectivity index (χ4n) is 3.05. The second-order valence-electron chi connectivity index (χ2n) is 7.12. The third-order valence-corrected chi connectivity index (χ3v) is 5.81. The largest absolute Gasteiger partial charge is 0.489 e. The van der Waals surface area contributed by atoms with Crippen LogP contribution in [0.25, 0.3) is 0 Å². The highest BCUT2D eigenvalue weighted by Gasteiger charge is 2.22. The lowest BCUT2D eigenvalue weighted by Crippen LogP contribution is -2.37. The zero-order valence-electron chi connectivity index (χ0n) is 18.2. The van der Waals surface area contributed by atoms with Crippen LogP contribution in [0, 0.1) is 0 Å². The Hall–Kier alpha value is -3.85. The highest BCUT2D eigenvalue weighted by molar-refractivity contribution is 7.92. The van der Waals surface area contributed by atoms with Gasteiger partial charge in [0.05, 0.1) is 30.3 Å². The molecule has 33 heavy (non-hydrogen) atoms. The second-order valence-corrected chi connectivity index (χ2v) is 9.03. The molecule has 0 atom stereocenters. The predicted octanol–water partition coefficient (Wildman–Crippen LogP) is 3.46. The van der Waals surface area contributed by atoms with Gasteiger partial charge in [-0.2, -0.15) is 0 Å². The number of ether oxygens (including phenoxy) is 2. The Labute approximate surface area is 192 Å². The number of hydrogen-bond acceptors (Lipinski definition) is 6. The first kappa shape index (κ1) is 23.8. The predicted molar refractivity (Wildman–Crippen MR) is 126 cm³/mol. The molecule has 0 heterocycles. The summed E-state index contributed by atoms with van der Waals surface area (Å²) in [5, 5.41) is 2.58. The minimum absolute atomic E-state index is 0.166. The number of methoxy groups -OCH3 is 1. The van der Waals surface area contributed by atoms with Crippen LogP contribution in [0.3, 0.4) is 0 Å². The van der Waals surface area contributed by atoms with Crippen LogP contribution >= 0.6 is 0 Å². The molecule has 1 amide bonds. The number of rotatable bonds is 9. The van der Waals surface area contributed by atoms with E-state index in [1.165, 1.54) is 19.2 Å². The normalized spacial score (nSPS) is 10.8. The van der Waals surface area contributed by atoms with Gasteiger partial charge in [0, 0.05) is 0 Å². The van der Waals surface area contributed by atoms with Crippen molar-refractivity contribution in [2.24, 2.45) is 0 Å². The summed E-state index contributed by atoms with van der Waals surface area (Å²) in [7, 11) is -2.53. The molecule has 3 aromatic rings. The quantitative estimate of drug-likeness (QED) is 0.483. The zero-order chi connectivity index (χ0) is 23.8. The maximum atomic E-state index is 12.6. The molecule has 0 fully saturated rings. The van der Waals surface area contributed by atoms with E-state index in [1.54, 1.807) is 36.4 Å². The molecule has 0 aromatic heterocycles. The number of amides is 1. The lowest BCUT2D eigenvalue weighted by molar-refractivity contribution is -0.114. The van der Waals surface area contributed by atoms with Crippen LogP contribution in [0.2, 0.25) is 0 Å². The highest BCUT2D eigenvalue weighted by Crippen LogP contribution is 2.23. The number of hydrogen-bond donors (Lipinski definition) is 1. The molecule has 3 aromatic carbocycles. The van der Waals surface area contributed by atoms with Gasteiger partial charge in [-0.1, -0.05) is 42.5 Å². The molecule has 0 radical (unpaired) electrons. The molecule has 0 saturated heterocycles. The van der Waals surface area contributed by atoms with Gasteiger partial charge in [-0.25, -0.2) is 13.2 Å². The molecule has 9 heteroatoms.